The predicted molar refractivity (Wildman–Crippen MR) is 214 cm³/mol. The van der Waals surface area contributed by atoms with Gasteiger partial charge in [0.25, 0.3) is 0 Å². The largest absolute Gasteiger partial charge is 0.453 e. The number of ether oxygens (including phenoxy) is 2. The molecule has 5 aromatic rings. The molecular weight excluding hydrogens is 713 g/mol. The van der Waals surface area contributed by atoms with E-state index < -0.39 is 24.3 Å². The molecule has 4 heterocycles. The van der Waals surface area contributed by atoms with Crippen LogP contribution in [0.4, 0.5) is 9.59 Å². The molecule has 7 rings (SSSR count). The van der Waals surface area contributed by atoms with Crippen LogP contribution in [0, 0.1) is 11.8 Å². The number of aromatic amines is 2. The number of nitrogens with one attached hydrogen (secondary N) is 4. The van der Waals surface area contributed by atoms with E-state index in [1.807, 2.05) is 49.6 Å². The molecule has 14 heteroatoms. The van der Waals surface area contributed by atoms with Gasteiger partial charge in [0, 0.05) is 18.5 Å². The van der Waals surface area contributed by atoms with Crippen LogP contribution in [0.15, 0.2) is 48.5 Å². The predicted octanol–water partition coefficient (Wildman–Crippen LogP) is 7.13. The summed E-state index contributed by atoms with van der Waals surface area (Å²) in [5.74, 6) is 0.968. The number of nitrogens with zero attached hydrogens (tertiary/aromatic N) is 4. The van der Waals surface area contributed by atoms with E-state index in [1.54, 1.807) is 0 Å². The summed E-state index contributed by atoms with van der Waals surface area (Å²) in [5, 5.41) is 7.50. The van der Waals surface area contributed by atoms with E-state index in [0.717, 1.165) is 94.1 Å². The number of rotatable bonds is 9. The molecule has 0 saturated carbocycles. The molecule has 0 unspecified atom stereocenters. The monoisotopic (exact) mass is 764 g/mol. The Balaban J connectivity index is 1.14. The van der Waals surface area contributed by atoms with E-state index in [1.165, 1.54) is 14.2 Å². The van der Waals surface area contributed by atoms with E-state index >= 15 is 0 Å². The van der Waals surface area contributed by atoms with Crippen LogP contribution in [0.3, 0.4) is 0 Å². The third kappa shape index (κ3) is 7.61. The third-order valence-electron chi connectivity index (χ3n) is 11.3. The van der Waals surface area contributed by atoms with Crippen molar-refractivity contribution in [1.82, 2.24) is 40.4 Å². The fraction of sp³-hybridized carbons (Fsp3) is 0.476. The Labute approximate surface area is 326 Å². The number of H-pyrrole nitrogens is 2. The lowest BCUT2D eigenvalue weighted by atomic mass is 9.97. The third-order valence-corrected chi connectivity index (χ3v) is 11.3. The fourth-order valence-corrected chi connectivity index (χ4v) is 8.24. The van der Waals surface area contributed by atoms with Crippen molar-refractivity contribution in [3.63, 3.8) is 0 Å². The van der Waals surface area contributed by atoms with Crippen LogP contribution in [-0.2, 0) is 19.1 Å². The first kappa shape index (κ1) is 38.6. The highest BCUT2D eigenvalue weighted by atomic mass is 16.5. The van der Waals surface area contributed by atoms with E-state index in [4.69, 9.17) is 19.4 Å². The SMILES string of the molecule is COC(=O)N[C@H](C(=O)N1CCCC[C@H]1c1nc2ccc(-c3ccc4c(ccc5[nH]c([C@@H]6CCCCN6C(=O)[C@@H](NC(=O)OC)C(C)C)nc54)c3)cc2[nH]1)C(C)C. The number of benzene rings is 3. The van der Waals surface area contributed by atoms with Gasteiger partial charge in [-0.2, -0.15) is 0 Å². The van der Waals surface area contributed by atoms with Gasteiger partial charge in [-0.05, 0) is 91.1 Å². The van der Waals surface area contributed by atoms with Crippen LogP contribution >= 0.6 is 0 Å². The maximum absolute atomic E-state index is 13.8. The Morgan fingerprint density at radius 1 is 0.679 bits per heavy atom. The topological polar surface area (TPSA) is 175 Å². The van der Waals surface area contributed by atoms with Crippen LogP contribution in [0.1, 0.15) is 90.0 Å². The molecule has 4 N–H and O–H groups in total. The highest BCUT2D eigenvalue weighted by molar-refractivity contribution is 6.05. The fourth-order valence-electron chi connectivity index (χ4n) is 8.24. The summed E-state index contributed by atoms with van der Waals surface area (Å²) >= 11 is 0. The second kappa shape index (κ2) is 16.2. The molecule has 2 aliphatic rings. The molecule has 2 aliphatic heterocycles. The number of carbonyl (C=O) groups is 4. The standard InChI is InChI=1S/C42H52N8O6/c1-23(2)34(47-41(53)55-5)39(51)49-19-9-7-11-32(49)37-43-29-17-14-26(22-31(29)45-37)25-13-16-28-27(21-25)15-18-30-36(28)46-38(44-30)33-12-8-10-20-50(33)40(52)35(24(3)4)48-42(54)56-6/h13-18,21-24,32-35H,7-12,19-20H2,1-6H3,(H,43,45)(H,44,46)(H,47,53)(H,48,54)/t32-,33-,34-,35-/m0/s1. The van der Waals surface area contributed by atoms with Gasteiger partial charge in [-0.25, -0.2) is 19.6 Å². The Bertz CT molecular complexity index is 2260. The van der Waals surface area contributed by atoms with Crippen LogP contribution in [0.25, 0.3) is 44.0 Å². The van der Waals surface area contributed by atoms with Gasteiger partial charge >= 0.3 is 12.2 Å². The number of imidazole rings is 2. The van der Waals surface area contributed by atoms with Gasteiger partial charge in [0.05, 0.1) is 48.4 Å². The zero-order valence-corrected chi connectivity index (χ0v) is 33.0. The van der Waals surface area contributed by atoms with E-state index in [9.17, 15) is 19.2 Å². The molecule has 4 amide bonds. The average molecular weight is 765 g/mol. The molecule has 4 atom stereocenters. The van der Waals surface area contributed by atoms with Gasteiger partial charge in [0.2, 0.25) is 11.8 Å². The second-order valence-corrected chi connectivity index (χ2v) is 15.7. The lowest BCUT2D eigenvalue weighted by Gasteiger charge is -2.37. The summed E-state index contributed by atoms with van der Waals surface area (Å²) in [6.45, 7) is 8.82. The number of alkyl carbamates (subject to hydrolysis) is 2. The summed E-state index contributed by atoms with van der Waals surface area (Å²) in [6, 6.07) is 14.8. The molecule has 296 valence electrons. The highest BCUT2D eigenvalue weighted by Crippen LogP contribution is 2.36. The molecule has 0 bridgehead atoms. The van der Waals surface area contributed by atoms with Crippen molar-refractivity contribution in [1.29, 1.82) is 0 Å². The molecule has 0 radical (unpaired) electrons. The summed E-state index contributed by atoms with van der Waals surface area (Å²) in [6.07, 6.45) is 4.01. The van der Waals surface area contributed by atoms with E-state index in [0.29, 0.717) is 13.1 Å². The van der Waals surface area contributed by atoms with Crippen molar-refractivity contribution in [3.8, 4) is 11.1 Å². The van der Waals surface area contributed by atoms with E-state index in [-0.39, 0.29) is 35.7 Å². The first-order valence-electron chi connectivity index (χ1n) is 19.7. The van der Waals surface area contributed by atoms with Gasteiger partial charge in [-0.3, -0.25) is 9.59 Å². The number of hydrogen-bond acceptors (Lipinski definition) is 8. The summed E-state index contributed by atoms with van der Waals surface area (Å²) in [7, 11) is 2.59. The number of carbonyl (C=O) groups excluding carboxylic acids is 4. The number of likely N-dealkylation sites (tertiary alicyclic amines) is 2. The molecule has 2 aromatic heterocycles. The van der Waals surface area contributed by atoms with Crippen molar-refractivity contribution < 1.29 is 28.7 Å². The maximum atomic E-state index is 13.8. The zero-order valence-electron chi connectivity index (χ0n) is 33.0. The average Bonchev–Trinajstić information content (AvgIpc) is 3.85. The molecule has 0 aliphatic carbocycles. The molecular formula is C42H52N8O6. The molecule has 56 heavy (non-hydrogen) atoms. The maximum Gasteiger partial charge on any atom is 0.407 e. The van der Waals surface area contributed by atoms with Crippen LogP contribution in [-0.4, -0.2) is 93.1 Å². The number of hydrogen-bond donors (Lipinski definition) is 4. The van der Waals surface area contributed by atoms with Crippen molar-refractivity contribution in [2.45, 2.75) is 90.4 Å². The Morgan fingerprint density at radius 3 is 1.79 bits per heavy atom. The Kier molecular flexibility index (Phi) is 11.2. The number of amides is 4. The lowest BCUT2D eigenvalue weighted by Crippen LogP contribution is -2.53. The molecule has 2 saturated heterocycles. The van der Waals surface area contributed by atoms with Gasteiger partial charge in [0.15, 0.2) is 0 Å². The molecule has 2 fully saturated rings. The van der Waals surface area contributed by atoms with Gasteiger partial charge in [-0.15, -0.1) is 0 Å². The molecule has 14 nitrogen and oxygen atoms in total. The summed E-state index contributed by atoms with van der Waals surface area (Å²) < 4.78 is 9.61. The minimum Gasteiger partial charge on any atom is -0.453 e. The summed E-state index contributed by atoms with van der Waals surface area (Å²) in [4.78, 5) is 72.6. The quantitative estimate of drug-likeness (QED) is 0.123. The minimum absolute atomic E-state index is 0.116. The van der Waals surface area contributed by atoms with Gasteiger partial charge in [0.1, 0.15) is 23.7 Å². The molecule has 3 aromatic carbocycles. The number of aromatic nitrogens is 4. The number of piperidine rings is 2. The Hall–Kier alpha value is -5.66. The van der Waals surface area contributed by atoms with Crippen molar-refractivity contribution in [3.05, 3.63) is 60.2 Å². The smallest absolute Gasteiger partial charge is 0.407 e. The first-order chi connectivity index (χ1) is 27.0. The van der Waals surface area contributed by atoms with Crippen molar-refractivity contribution >= 4 is 56.8 Å². The number of methoxy groups -OCH3 is 2. The van der Waals surface area contributed by atoms with Crippen molar-refractivity contribution in [2.75, 3.05) is 27.3 Å². The lowest BCUT2D eigenvalue weighted by molar-refractivity contribution is -0.139. The van der Waals surface area contributed by atoms with Gasteiger partial charge < -0.3 is 39.9 Å². The highest BCUT2D eigenvalue weighted by Gasteiger charge is 2.38. The van der Waals surface area contributed by atoms with Crippen molar-refractivity contribution in [2.24, 2.45) is 11.8 Å². The first-order valence-corrected chi connectivity index (χ1v) is 19.7. The van der Waals surface area contributed by atoms with Gasteiger partial charge in [-0.1, -0.05) is 52.0 Å². The van der Waals surface area contributed by atoms with E-state index in [2.05, 4.69) is 57.0 Å². The summed E-state index contributed by atoms with van der Waals surface area (Å²) in [5.41, 5.74) is 5.50. The zero-order chi connectivity index (χ0) is 39.7. The second-order valence-electron chi connectivity index (χ2n) is 15.7. The Morgan fingerprint density at radius 2 is 1.21 bits per heavy atom. The number of fused-ring (bicyclic) bond motifs is 4. The normalized spacial score (nSPS) is 18.7. The van der Waals surface area contributed by atoms with Crippen LogP contribution in [0.2, 0.25) is 0 Å². The molecule has 0 spiro atoms. The minimum atomic E-state index is -0.704. The van der Waals surface area contributed by atoms with Crippen LogP contribution < -0.4 is 10.6 Å². The van der Waals surface area contributed by atoms with Crippen LogP contribution in [0.5, 0.6) is 0 Å².